The molecule has 0 aliphatic rings. The van der Waals surface area contributed by atoms with Crippen LogP contribution in [0.5, 0.6) is 11.5 Å². The molecular weight excluding hydrogens is 442 g/mol. The topological polar surface area (TPSA) is 138 Å². The van der Waals surface area contributed by atoms with Crippen molar-refractivity contribution in [2.75, 3.05) is 23.8 Å². The molecule has 3 aromatic rings. The van der Waals surface area contributed by atoms with E-state index in [1.807, 2.05) is 6.07 Å². The second kappa shape index (κ2) is 10.9. The Bertz CT molecular complexity index is 1190. The van der Waals surface area contributed by atoms with Gasteiger partial charge in [0.05, 0.1) is 24.6 Å². The number of rotatable bonds is 10. The van der Waals surface area contributed by atoms with E-state index in [2.05, 4.69) is 15.6 Å². The highest BCUT2D eigenvalue weighted by Gasteiger charge is 2.20. The largest absolute Gasteiger partial charge is 0.492 e. The number of carbonyl (C=O) groups is 2. The summed E-state index contributed by atoms with van der Waals surface area (Å²) in [5, 5.41) is 16.5. The number of ether oxygens (including phenoxy) is 2. The molecular formula is C23H25N5O6. The number of nitrogens with one attached hydrogen (secondary N) is 2. The number of hydrogen-bond acceptors (Lipinski definition) is 7. The standard InChI is InChI=1S/C23H25N5O6/c1-4-33-19-12-18(26-23(30)16-9-7-6-8-10-16)20(34-5-2)11-17(19)25-22(29)14-27-13-21(28(31)32)24-15(27)3/h6-13H,4-5,14H2,1-3H3,(H,25,29)(H,26,30). The first-order valence-electron chi connectivity index (χ1n) is 10.6. The van der Waals surface area contributed by atoms with Crippen LogP contribution in [0.3, 0.4) is 0 Å². The predicted octanol–water partition coefficient (Wildman–Crippen LogP) is 3.79. The fourth-order valence-corrected chi connectivity index (χ4v) is 3.17. The summed E-state index contributed by atoms with van der Waals surface area (Å²) < 4.78 is 12.7. The van der Waals surface area contributed by atoms with Crippen LogP contribution in [-0.4, -0.2) is 39.5 Å². The van der Waals surface area contributed by atoms with Crippen LogP contribution in [0.25, 0.3) is 0 Å². The summed E-state index contributed by atoms with van der Waals surface area (Å²) in [5.41, 5.74) is 1.20. The molecule has 2 N–H and O–H groups in total. The van der Waals surface area contributed by atoms with Crippen molar-refractivity contribution < 1.29 is 24.0 Å². The first kappa shape index (κ1) is 24.2. The van der Waals surface area contributed by atoms with Crippen LogP contribution < -0.4 is 20.1 Å². The van der Waals surface area contributed by atoms with Gasteiger partial charge in [-0.25, -0.2) is 0 Å². The number of amides is 2. The first-order valence-corrected chi connectivity index (χ1v) is 10.6. The summed E-state index contributed by atoms with van der Waals surface area (Å²) in [6.07, 6.45) is 1.20. The van der Waals surface area contributed by atoms with Crippen LogP contribution in [0.2, 0.25) is 0 Å². The first-order chi connectivity index (χ1) is 16.3. The average Bonchev–Trinajstić information content (AvgIpc) is 3.17. The van der Waals surface area contributed by atoms with Crippen molar-refractivity contribution in [2.24, 2.45) is 0 Å². The number of hydrogen-bond donors (Lipinski definition) is 2. The normalized spacial score (nSPS) is 10.4. The van der Waals surface area contributed by atoms with Crippen LogP contribution in [0, 0.1) is 17.0 Å². The van der Waals surface area contributed by atoms with Crippen LogP contribution in [0.1, 0.15) is 30.0 Å². The molecule has 178 valence electrons. The molecule has 1 heterocycles. The summed E-state index contributed by atoms with van der Waals surface area (Å²) in [6.45, 7) is 5.62. The van der Waals surface area contributed by atoms with Gasteiger partial charge in [-0.1, -0.05) is 18.2 Å². The molecule has 0 spiro atoms. The number of carbonyl (C=O) groups excluding carboxylic acids is 2. The molecule has 11 nitrogen and oxygen atoms in total. The molecule has 0 aliphatic carbocycles. The Hall–Kier alpha value is -4.41. The summed E-state index contributed by atoms with van der Waals surface area (Å²) in [7, 11) is 0. The molecule has 2 aromatic carbocycles. The summed E-state index contributed by atoms with van der Waals surface area (Å²) in [6, 6.07) is 11.9. The number of aromatic nitrogens is 2. The second-order valence-corrected chi connectivity index (χ2v) is 7.11. The zero-order valence-electron chi connectivity index (χ0n) is 19.0. The summed E-state index contributed by atoms with van der Waals surface area (Å²) in [4.78, 5) is 39.5. The zero-order valence-corrected chi connectivity index (χ0v) is 19.0. The molecule has 1 aromatic heterocycles. The molecule has 3 rings (SSSR count). The van der Waals surface area contributed by atoms with Gasteiger partial charge in [0.15, 0.2) is 0 Å². The van der Waals surface area contributed by atoms with Crippen LogP contribution in [-0.2, 0) is 11.3 Å². The number of nitro groups is 1. The molecule has 34 heavy (non-hydrogen) atoms. The zero-order chi connectivity index (χ0) is 24.7. The maximum absolute atomic E-state index is 12.7. The van der Waals surface area contributed by atoms with E-state index in [1.54, 1.807) is 57.2 Å². The molecule has 0 bridgehead atoms. The lowest BCUT2D eigenvalue weighted by atomic mass is 10.2. The Labute approximate surface area is 195 Å². The van der Waals surface area contributed by atoms with Gasteiger partial charge in [0.25, 0.3) is 5.91 Å². The Kier molecular flexibility index (Phi) is 7.80. The van der Waals surface area contributed by atoms with Crippen molar-refractivity contribution in [1.82, 2.24) is 9.55 Å². The van der Waals surface area contributed by atoms with Gasteiger partial charge in [-0.2, -0.15) is 0 Å². The maximum atomic E-state index is 12.7. The van der Waals surface area contributed by atoms with E-state index in [4.69, 9.17) is 9.47 Å². The van der Waals surface area contributed by atoms with E-state index in [1.165, 1.54) is 10.8 Å². The third-order valence-corrected chi connectivity index (χ3v) is 4.70. The van der Waals surface area contributed by atoms with E-state index in [0.29, 0.717) is 47.5 Å². The number of imidazole rings is 1. The van der Waals surface area contributed by atoms with Gasteiger partial charge in [-0.3, -0.25) is 14.2 Å². The van der Waals surface area contributed by atoms with Gasteiger partial charge < -0.3 is 30.2 Å². The molecule has 0 radical (unpaired) electrons. The van der Waals surface area contributed by atoms with Gasteiger partial charge >= 0.3 is 5.82 Å². The van der Waals surface area contributed by atoms with Crippen molar-refractivity contribution in [3.8, 4) is 11.5 Å². The molecule has 0 fully saturated rings. The number of anilines is 2. The highest BCUT2D eigenvalue weighted by molar-refractivity contribution is 6.05. The number of nitrogens with zero attached hydrogens (tertiary/aromatic N) is 3. The minimum Gasteiger partial charge on any atom is -0.492 e. The smallest absolute Gasteiger partial charge is 0.381 e. The fraction of sp³-hybridized carbons (Fsp3) is 0.261. The lowest BCUT2D eigenvalue weighted by Crippen LogP contribution is -2.20. The van der Waals surface area contributed by atoms with Gasteiger partial charge in [0.2, 0.25) is 11.7 Å². The van der Waals surface area contributed by atoms with Crippen LogP contribution in [0.15, 0.2) is 48.7 Å². The molecule has 0 aliphatic heterocycles. The number of aryl methyl sites for hydroxylation is 1. The van der Waals surface area contributed by atoms with Crippen molar-refractivity contribution in [1.29, 1.82) is 0 Å². The minimum atomic E-state index is -0.620. The monoisotopic (exact) mass is 467 g/mol. The van der Waals surface area contributed by atoms with Gasteiger partial charge in [-0.05, 0) is 35.9 Å². The lowest BCUT2D eigenvalue weighted by Gasteiger charge is -2.18. The van der Waals surface area contributed by atoms with Crippen molar-refractivity contribution >= 4 is 29.0 Å². The fourth-order valence-electron chi connectivity index (χ4n) is 3.17. The Morgan fingerprint density at radius 3 is 2.15 bits per heavy atom. The van der Waals surface area contributed by atoms with Crippen LogP contribution in [0.4, 0.5) is 17.2 Å². The van der Waals surface area contributed by atoms with E-state index >= 15 is 0 Å². The van der Waals surface area contributed by atoms with Gasteiger partial charge in [0, 0.05) is 24.6 Å². The van der Waals surface area contributed by atoms with E-state index in [-0.39, 0.29) is 18.3 Å². The molecule has 11 heteroatoms. The van der Waals surface area contributed by atoms with E-state index in [9.17, 15) is 19.7 Å². The molecule has 0 atom stereocenters. The average molecular weight is 467 g/mol. The highest BCUT2D eigenvalue weighted by Crippen LogP contribution is 2.37. The van der Waals surface area contributed by atoms with Crippen LogP contribution >= 0.6 is 0 Å². The van der Waals surface area contributed by atoms with Crippen molar-refractivity contribution in [3.63, 3.8) is 0 Å². The van der Waals surface area contributed by atoms with Crippen molar-refractivity contribution in [2.45, 2.75) is 27.3 Å². The van der Waals surface area contributed by atoms with Gasteiger partial charge in [-0.15, -0.1) is 0 Å². The maximum Gasteiger partial charge on any atom is 0.381 e. The molecule has 0 saturated carbocycles. The third-order valence-electron chi connectivity index (χ3n) is 4.70. The Balaban J connectivity index is 1.86. The third kappa shape index (κ3) is 5.88. The highest BCUT2D eigenvalue weighted by atomic mass is 16.6. The second-order valence-electron chi connectivity index (χ2n) is 7.11. The summed E-state index contributed by atoms with van der Waals surface area (Å²) in [5.74, 6) is -0.0906. The lowest BCUT2D eigenvalue weighted by molar-refractivity contribution is -0.389. The molecule has 0 saturated heterocycles. The van der Waals surface area contributed by atoms with E-state index in [0.717, 1.165) is 0 Å². The SMILES string of the molecule is CCOc1cc(NC(=O)c2ccccc2)c(OCC)cc1NC(=O)Cn1cc([N+](=O)[O-])nc1C. The molecule has 2 amide bonds. The quantitative estimate of drug-likeness (QED) is 0.342. The Morgan fingerprint density at radius 1 is 1.03 bits per heavy atom. The summed E-state index contributed by atoms with van der Waals surface area (Å²) >= 11 is 0. The number of benzene rings is 2. The van der Waals surface area contributed by atoms with Crippen molar-refractivity contribution in [3.05, 3.63) is 70.2 Å². The van der Waals surface area contributed by atoms with Gasteiger partial charge in [0.1, 0.15) is 24.2 Å². The predicted molar refractivity (Wildman–Crippen MR) is 125 cm³/mol. The van der Waals surface area contributed by atoms with E-state index < -0.39 is 10.8 Å². The minimum absolute atomic E-state index is 0.186. The molecule has 0 unspecified atom stereocenters. The Morgan fingerprint density at radius 2 is 1.62 bits per heavy atom.